The van der Waals surface area contributed by atoms with E-state index in [9.17, 15) is 10.1 Å². The van der Waals surface area contributed by atoms with Crippen LogP contribution in [0.25, 0.3) is 16.8 Å². The molecule has 0 spiro atoms. The minimum atomic E-state index is -0.136. The second-order valence-electron chi connectivity index (χ2n) is 7.96. The summed E-state index contributed by atoms with van der Waals surface area (Å²) in [6.45, 7) is 5.87. The number of nitriles is 1. The predicted octanol–water partition coefficient (Wildman–Crippen LogP) is 6.20. The van der Waals surface area contributed by atoms with Crippen molar-refractivity contribution in [1.29, 1.82) is 5.26 Å². The van der Waals surface area contributed by atoms with Gasteiger partial charge in [-0.25, -0.2) is 4.98 Å². The number of nitrogens with one attached hydrogen (secondary N) is 1. The highest BCUT2D eigenvalue weighted by Crippen LogP contribution is 2.34. The van der Waals surface area contributed by atoms with Crippen LogP contribution in [0.1, 0.15) is 41.7 Å². The van der Waals surface area contributed by atoms with E-state index in [0.29, 0.717) is 39.2 Å². The van der Waals surface area contributed by atoms with Crippen molar-refractivity contribution in [2.75, 3.05) is 19.5 Å². The van der Waals surface area contributed by atoms with Gasteiger partial charge < -0.3 is 14.8 Å². The number of hydrogen-bond acceptors (Lipinski definition) is 7. The summed E-state index contributed by atoms with van der Waals surface area (Å²) in [5.41, 5.74) is 4.44. The van der Waals surface area contributed by atoms with Gasteiger partial charge in [0.05, 0.1) is 25.6 Å². The molecule has 2 aromatic carbocycles. The van der Waals surface area contributed by atoms with E-state index in [1.165, 1.54) is 38.0 Å². The lowest BCUT2D eigenvalue weighted by molar-refractivity contribution is 0.101. The largest absolute Gasteiger partial charge is 0.493 e. The van der Waals surface area contributed by atoms with Crippen LogP contribution in [0.4, 0.5) is 5.69 Å². The normalized spacial score (nSPS) is 11.2. The summed E-state index contributed by atoms with van der Waals surface area (Å²) in [7, 11) is 3.04. The van der Waals surface area contributed by atoms with Crippen LogP contribution in [0.3, 0.4) is 0 Å². The van der Waals surface area contributed by atoms with Gasteiger partial charge in [-0.3, -0.25) is 4.79 Å². The standard InChI is InChI=1S/C26H27N3O3S/c1-16(2)10-18-6-8-19(9-7-18)23-15-33-26(29-23)20(13-27)14-28-22-12-25(32-5)24(31-4)11-21(22)17(3)30/h6-9,11-12,14-16,28H,10H2,1-5H3/b20-14+. The van der Waals surface area contributed by atoms with Gasteiger partial charge >= 0.3 is 0 Å². The van der Waals surface area contributed by atoms with Crippen molar-refractivity contribution in [3.05, 3.63) is 64.1 Å². The number of aromatic nitrogens is 1. The van der Waals surface area contributed by atoms with E-state index >= 15 is 0 Å². The van der Waals surface area contributed by atoms with E-state index in [0.717, 1.165) is 17.7 Å². The molecule has 33 heavy (non-hydrogen) atoms. The maximum atomic E-state index is 12.1. The van der Waals surface area contributed by atoms with Crippen molar-refractivity contribution in [3.63, 3.8) is 0 Å². The molecule has 0 saturated carbocycles. The van der Waals surface area contributed by atoms with Gasteiger partial charge in [0, 0.05) is 28.8 Å². The van der Waals surface area contributed by atoms with Gasteiger partial charge in [0.25, 0.3) is 0 Å². The molecule has 0 fully saturated rings. The molecule has 6 nitrogen and oxygen atoms in total. The predicted molar refractivity (Wildman–Crippen MR) is 133 cm³/mol. The monoisotopic (exact) mass is 461 g/mol. The second kappa shape index (κ2) is 10.8. The van der Waals surface area contributed by atoms with Gasteiger partial charge in [0.15, 0.2) is 17.3 Å². The molecule has 3 rings (SSSR count). The first-order valence-corrected chi connectivity index (χ1v) is 11.4. The lowest BCUT2D eigenvalue weighted by Gasteiger charge is -2.13. The fourth-order valence-electron chi connectivity index (χ4n) is 3.39. The summed E-state index contributed by atoms with van der Waals surface area (Å²) in [6.07, 6.45) is 2.59. The molecule has 0 aliphatic carbocycles. The molecular weight excluding hydrogens is 434 g/mol. The SMILES string of the molecule is COc1cc(N/C=C(\C#N)c2nc(-c3ccc(CC(C)C)cc3)cs2)c(C(C)=O)cc1OC. The summed E-state index contributed by atoms with van der Waals surface area (Å²) in [5, 5.41) is 15.3. The summed E-state index contributed by atoms with van der Waals surface area (Å²) >= 11 is 1.40. The Hall–Kier alpha value is -3.63. The number of anilines is 1. The molecule has 0 aliphatic heterocycles. The minimum Gasteiger partial charge on any atom is -0.493 e. The number of rotatable bonds is 9. The summed E-state index contributed by atoms with van der Waals surface area (Å²) in [6, 6.07) is 13.9. The Kier molecular flexibility index (Phi) is 7.86. The molecule has 0 saturated heterocycles. The molecule has 0 amide bonds. The molecule has 3 aromatic rings. The Balaban J connectivity index is 1.86. The lowest BCUT2D eigenvalue weighted by Crippen LogP contribution is -2.03. The lowest BCUT2D eigenvalue weighted by atomic mass is 10.0. The molecule has 1 heterocycles. The van der Waals surface area contributed by atoms with E-state index in [1.54, 1.807) is 18.3 Å². The number of ketones is 1. The third-order valence-corrected chi connectivity index (χ3v) is 5.90. The minimum absolute atomic E-state index is 0.136. The Labute approximate surface area is 198 Å². The van der Waals surface area contributed by atoms with E-state index in [1.807, 2.05) is 5.38 Å². The number of benzene rings is 2. The molecule has 0 unspecified atom stereocenters. The number of thiazole rings is 1. The zero-order valence-electron chi connectivity index (χ0n) is 19.4. The number of methoxy groups -OCH3 is 2. The highest BCUT2D eigenvalue weighted by Gasteiger charge is 2.15. The number of hydrogen-bond donors (Lipinski definition) is 1. The zero-order chi connectivity index (χ0) is 24.0. The smallest absolute Gasteiger partial charge is 0.162 e. The highest BCUT2D eigenvalue weighted by atomic mass is 32.1. The van der Waals surface area contributed by atoms with Gasteiger partial charge in [-0.2, -0.15) is 5.26 Å². The van der Waals surface area contributed by atoms with Gasteiger partial charge in [0.2, 0.25) is 0 Å². The molecule has 7 heteroatoms. The Morgan fingerprint density at radius 3 is 2.42 bits per heavy atom. The Bertz CT molecular complexity index is 1200. The molecule has 1 N–H and O–H groups in total. The number of allylic oxidation sites excluding steroid dienone is 1. The van der Waals surface area contributed by atoms with Crippen LogP contribution >= 0.6 is 11.3 Å². The topological polar surface area (TPSA) is 84.2 Å². The van der Waals surface area contributed by atoms with E-state index in [4.69, 9.17) is 9.47 Å². The Morgan fingerprint density at radius 1 is 1.18 bits per heavy atom. The van der Waals surface area contributed by atoms with E-state index < -0.39 is 0 Å². The van der Waals surface area contributed by atoms with Crippen LogP contribution < -0.4 is 14.8 Å². The summed E-state index contributed by atoms with van der Waals surface area (Å²) in [5.74, 6) is 1.41. The average Bonchev–Trinajstić information content (AvgIpc) is 3.29. The van der Waals surface area contributed by atoms with E-state index in [2.05, 4.69) is 54.5 Å². The van der Waals surface area contributed by atoms with Gasteiger partial charge in [-0.1, -0.05) is 38.1 Å². The van der Waals surface area contributed by atoms with Crippen LogP contribution in [-0.2, 0) is 6.42 Å². The maximum Gasteiger partial charge on any atom is 0.162 e. The van der Waals surface area contributed by atoms with Crippen molar-refractivity contribution in [3.8, 4) is 28.8 Å². The number of carbonyl (C=O) groups is 1. The summed E-state index contributed by atoms with van der Waals surface area (Å²) in [4.78, 5) is 16.8. The highest BCUT2D eigenvalue weighted by molar-refractivity contribution is 7.11. The van der Waals surface area contributed by atoms with Crippen LogP contribution in [0.15, 0.2) is 48.0 Å². The van der Waals surface area contributed by atoms with Gasteiger partial charge in [-0.05, 0) is 30.9 Å². The Morgan fingerprint density at radius 2 is 1.85 bits per heavy atom. The molecule has 0 atom stereocenters. The molecule has 0 aliphatic rings. The zero-order valence-corrected chi connectivity index (χ0v) is 20.2. The number of nitrogens with zero attached hydrogens (tertiary/aromatic N) is 2. The van der Waals surface area contributed by atoms with Crippen LogP contribution in [0.5, 0.6) is 11.5 Å². The van der Waals surface area contributed by atoms with Gasteiger partial charge in [0.1, 0.15) is 16.6 Å². The third-order valence-electron chi connectivity index (χ3n) is 5.02. The fourth-order valence-corrected chi connectivity index (χ4v) is 4.19. The molecule has 1 aromatic heterocycles. The quantitative estimate of drug-likeness (QED) is 0.301. The third kappa shape index (κ3) is 5.79. The van der Waals surface area contributed by atoms with E-state index in [-0.39, 0.29) is 5.78 Å². The number of carbonyl (C=O) groups excluding carboxylic acids is 1. The molecule has 170 valence electrons. The van der Waals surface area contributed by atoms with Crippen LogP contribution in [-0.4, -0.2) is 25.0 Å². The maximum absolute atomic E-state index is 12.1. The average molecular weight is 462 g/mol. The van der Waals surface area contributed by atoms with Crippen molar-refractivity contribution in [2.24, 2.45) is 5.92 Å². The first-order chi connectivity index (χ1) is 15.9. The molecule has 0 radical (unpaired) electrons. The van der Waals surface area contributed by atoms with Crippen molar-refractivity contribution >= 4 is 28.4 Å². The van der Waals surface area contributed by atoms with Crippen molar-refractivity contribution in [1.82, 2.24) is 4.98 Å². The van der Waals surface area contributed by atoms with Crippen LogP contribution in [0.2, 0.25) is 0 Å². The number of ether oxygens (including phenoxy) is 2. The molecular formula is C26H27N3O3S. The van der Waals surface area contributed by atoms with Crippen molar-refractivity contribution < 1.29 is 14.3 Å². The fraction of sp³-hybridized carbons (Fsp3) is 0.269. The van der Waals surface area contributed by atoms with Crippen LogP contribution in [0, 0.1) is 17.2 Å². The number of Topliss-reactive ketones (excluding diaryl/α,β-unsaturated/α-hetero) is 1. The molecule has 0 bridgehead atoms. The van der Waals surface area contributed by atoms with Gasteiger partial charge in [-0.15, -0.1) is 11.3 Å². The second-order valence-corrected chi connectivity index (χ2v) is 8.81. The summed E-state index contributed by atoms with van der Waals surface area (Å²) < 4.78 is 10.6. The first-order valence-electron chi connectivity index (χ1n) is 10.5. The van der Waals surface area contributed by atoms with Crippen molar-refractivity contribution in [2.45, 2.75) is 27.2 Å². The first kappa shape index (κ1) is 24.0.